The van der Waals surface area contributed by atoms with Gasteiger partial charge in [0, 0.05) is 35.3 Å². The number of fused-ring (bicyclic) bond motifs is 2. The number of carbonyl (C=O) groups is 3. The van der Waals surface area contributed by atoms with Gasteiger partial charge < -0.3 is 25.1 Å². The summed E-state index contributed by atoms with van der Waals surface area (Å²) in [7, 11) is 0. The average Bonchev–Trinajstić information content (AvgIpc) is 3.33. The molecule has 2 aliphatic rings. The van der Waals surface area contributed by atoms with E-state index in [2.05, 4.69) is 15.6 Å². The molecule has 2 aliphatic heterocycles. The van der Waals surface area contributed by atoms with Crippen molar-refractivity contribution in [2.24, 2.45) is 0 Å². The van der Waals surface area contributed by atoms with E-state index in [1.807, 2.05) is 30.5 Å². The van der Waals surface area contributed by atoms with E-state index in [0.717, 1.165) is 21.4 Å². The average molecular weight is 434 g/mol. The van der Waals surface area contributed by atoms with Crippen LogP contribution in [0.4, 0.5) is 10.5 Å². The minimum Gasteiger partial charge on any atom is -0.486 e. The summed E-state index contributed by atoms with van der Waals surface area (Å²) in [6.45, 7) is 2.43. The maximum atomic E-state index is 13.0. The highest BCUT2D eigenvalue weighted by Crippen LogP contribution is 2.32. The van der Waals surface area contributed by atoms with Gasteiger partial charge in [-0.05, 0) is 30.7 Å². The predicted molar refractivity (Wildman–Crippen MR) is 117 cm³/mol. The van der Waals surface area contributed by atoms with Crippen LogP contribution in [0, 0.1) is 0 Å². The Balaban J connectivity index is 1.28. The van der Waals surface area contributed by atoms with E-state index < -0.39 is 29.9 Å². The Kier molecular flexibility index (Phi) is 4.93. The number of aromatic amines is 1. The number of nitrogens with one attached hydrogen (secondary N) is 3. The molecular weight excluding hydrogens is 412 g/mol. The molecule has 0 aliphatic carbocycles. The first kappa shape index (κ1) is 19.9. The Morgan fingerprint density at radius 3 is 2.78 bits per heavy atom. The van der Waals surface area contributed by atoms with E-state index in [1.54, 1.807) is 18.2 Å². The van der Waals surface area contributed by atoms with Gasteiger partial charge in [0.2, 0.25) is 5.91 Å². The molecule has 32 heavy (non-hydrogen) atoms. The lowest BCUT2D eigenvalue weighted by atomic mass is 10.0. The number of anilines is 1. The Morgan fingerprint density at radius 2 is 1.94 bits per heavy atom. The van der Waals surface area contributed by atoms with Gasteiger partial charge in [-0.25, -0.2) is 4.79 Å². The molecule has 1 saturated heterocycles. The molecule has 9 nitrogen and oxygen atoms in total. The molecule has 4 amide bonds. The number of hydrogen-bond donors (Lipinski definition) is 3. The SMILES string of the molecule is CC(C(=O)Nc1ccc2c(c1)OCCO2)N1C(=O)NC(Cc2c[nH]c3ccccc23)C1=O. The number of rotatable bonds is 5. The zero-order valence-electron chi connectivity index (χ0n) is 17.4. The highest BCUT2D eigenvalue weighted by Gasteiger charge is 2.43. The lowest BCUT2D eigenvalue weighted by Crippen LogP contribution is -2.46. The fourth-order valence-electron chi connectivity index (χ4n) is 4.06. The number of urea groups is 1. The lowest BCUT2D eigenvalue weighted by Gasteiger charge is -2.22. The summed E-state index contributed by atoms with van der Waals surface area (Å²) in [5, 5.41) is 6.44. The van der Waals surface area contributed by atoms with E-state index in [-0.39, 0.29) is 0 Å². The number of para-hydroxylation sites is 1. The number of amides is 4. The number of benzene rings is 2. The Hall–Kier alpha value is -4.01. The van der Waals surface area contributed by atoms with E-state index in [9.17, 15) is 14.4 Å². The normalized spacial score (nSPS) is 18.5. The van der Waals surface area contributed by atoms with Crippen LogP contribution < -0.4 is 20.1 Å². The fourth-order valence-corrected chi connectivity index (χ4v) is 4.06. The maximum Gasteiger partial charge on any atom is 0.325 e. The first-order chi connectivity index (χ1) is 15.5. The van der Waals surface area contributed by atoms with Gasteiger partial charge in [0.15, 0.2) is 11.5 Å². The zero-order chi connectivity index (χ0) is 22.2. The molecule has 3 heterocycles. The van der Waals surface area contributed by atoms with Crippen LogP contribution in [0.1, 0.15) is 12.5 Å². The number of imide groups is 1. The summed E-state index contributed by atoms with van der Waals surface area (Å²) in [6.07, 6.45) is 2.17. The lowest BCUT2D eigenvalue weighted by molar-refractivity contribution is -0.133. The molecule has 0 saturated carbocycles. The first-order valence-corrected chi connectivity index (χ1v) is 10.4. The van der Waals surface area contributed by atoms with Gasteiger partial charge in [0.25, 0.3) is 5.91 Å². The second-order valence-corrected chi connectivity index (χ2v) is 7.80. The molecule has 2 aromatic carbocycles. The van der Waals surface area contributed by atoms with Gasteiger partial charge in [-0.15, -0.1) is 0 Å². The van der Waals surface area contributed by atoms with Crippen molar-refractivity contribution in [1.29, 1.82) is 0 Å². The topological polar surface area (TPSA) is 113 Å². The molecule has 0 bridgehead atoms. The van der Waals surface area contributed by atoms with Crippen molar-refractivity contribution >= 4 is 34.4 Å². The molecule has 0 spiro atoms. The summed E-state index contributed by atoms with van der Waals surface area (Å²) in [4.78, 5) is 42.5. The third kappa shape index (κ3) is 3.51. The largest absolute Gasteiger partial charge is 0.486 e. The minimum absolute atomic E-state index is 0.335. The van der Waals surface area contributed by atoms with Gasteiger partial charge in [0.1, 0.15) is 25.3 Å². The van der Waals surface area contributed by atoms with Gasteiger partial charge in [-0.2, -0.15) is 0 Å². The second-order valence-electron chi connectivity index (χ2n) is 7.80. The Bertz CT molecular complexity index is 1220. The standard InChI is InChI=1S/C23H22N4O5/c1-13(21(28)25-15-6-7-19-20(11-15)32-9-8-31-19)27-22(29)18(26-23(27)30)10-14-12-24-17-5-3-2-4-16(14)17/h2-7,11-13,18,24H,8-10H2,1H3,(H,25,28)(H,26,30). The monoisotopic (exact) mass is 434 g/mol. The summed E-state index contributed by atoms with van der Waals surface area (Å²) in [6, 6.07) is 10.5. The van der Waals surface area contributed by atoms with Crippen LogP contribution in [-0.4, -0.2) is 53.0 Å². The van der Waals surface area contributed by atoms with Crippen molar-refractivity contribution < 1.29 is 23.9 Å². The summed E-state index contributed by atoms with van der Waals surface area (Å²) >= 11 is 0. The second kappa shape index (κ2) is 7.92. The van der Waals surface area contributed by atoms with Gasteiger partial charge in [-0.3, -0.25) is 14.5 Å². The van der Waals surface area contributed by atoms with Gasteiger partial charge in [0.05, 0.1) is 0 Å². The van der Waals surface area contributed by atoms with Gasteiger partial charge >= 0.3 is 6.03 Å². The van der Waals surface area contributed by atoms with Crippen LogP contribution in [0.15, 0.2) is 48.7 Å². The quantitative estimate of drug-likeness (QED) is 0.534. The van der Waals surface area contributed by atoms with Crippen LogP contribution >= 0.6 is 0 Å². The van der Waals surface area contributed by atoms with E-state index in [4.69, 9.17) is 9.47 Å². The third-order valence-electron chi connectivity index (χ3n) is 5.73. The minimum atomic E-state index is -0.983. The van der Waals surface area contributed by atoms with Crippen LogP contribution in [0.25, 0.3) is 10.9 Å². The van der Waals surface area contributed by atoms with Gasteiger partial charge in [-0.1, -0.05) is 18.2 Å². The highest BCUT2D eigenvalue weighted by molar-refractivity contribution is 6.09. The molecule has 2 unspecified atom stereocenters. The highest BCUT2D eigenvalue weighted by atomic mass is 16.6. The van der Waals surface area contributed by atoms with Crippen LogP contribution in [0.2, 0.25) is 0 Å². The van der Waals surface area contributed by atoms with Crippen LogP contribution in [-0.2, 0) is 16.0 Å². The third-order valence-corrected chi connectivity index (χ3v) is 5.73. The van der Waals surface area contributed by atoms with Crippen molar-refractivity contribution in [3.8, 4) is 11.5 Å². The van der Waals surface area contributed by atoms with E-state index >= 15 is 0 Å². The van der Waals surface area contributed by atoms with Crippen molar-refractivity contribution in [2.45, 2.75) is 25.4 Å². The number of ether oxygens (including phenoxy) is 2. The van der Waals surface area contributed by atoms with Crippen LogP contribution in [0.5, 0.6) is 11.5 Å². The number of aromatic nitrogens is 1. The van der Waals surface area contributed by atoms with E-state index in [1.165, 1.54) is 6.92 Å². The molecule has 2 atom stereocenters. The summed E-state index contributed by atoms with van der Waals surface area (Å²) in [5.41, 5.74) is 2.38. The van der Waals surface area contributed by atoms with Crippen LogP contribution in [0.3, 0.4) is 0 Å². The molecule has 0 radical (unpaired) electrons. The maximum absolute atomic E-state index is 13.0. The predicted octanol–water partition coefficient (Wildman–Crippen LogP) is 2.43. The molecular formula is C23H22N4O5. The summed E-state index contributed by atoms with van der Waals surface area (Å²) < 4.78 is 11.0. The molecule has 1 fully saturated rings. The Morgan fingerprint density at radius 1 is 1.16 bits per heavy atom. The molecule has 9 heteroatoms. The number of carbonyl (C=O) groups excluding carboxylic acids is 3. The first-order valence-electron chi connectivity index (χ1n) is 10.4. The van der Waals surface area contributed by atoms with Crippen molar-refractivity contribution in [1.82, 2.24) is 15.2 Å². The zero-order valence-corrected chi connectivity index (χ0v) is 17.4. The number of nitrogens with zero attached hydrogens (tertiary/aromatic N) is 1. The van der Waals surface area contributed by atoms with Crippen molar-refractivity contribution in [2.75, 3.05) is 18.5 Å². The smallest absolute Gasteiger partial charge is 0.325 e. The molecule has 3 N–H and O–H groups in total. The molecule has 5 rings (SSSR count). The molecule has 1 aromatic heterocycles. The molecule has 3 aromatic rings. The van der Waals surface area contributed by atoms with Crippen molar-refractivity contribution in [3.05, 3.63) is 54.2 Å². The number of H-pyrrole nitrogens is 1. The number of hydrogen-bond acceptors (Lipinski definition) is 5. The fraction of sp³-hybridized carbons (Fsp3) is 0.261. The van der Waals surface area contributed by atoms with E-state index in [0.29, 0.717) is 36.8 Å². The summed E-state index contributed by atoms with van der Waals surface area (Å²) in [5.74, 6) is 0.245. The van der Waals surface area contributed by atoms with Crippen molar-refractivity contribution in [3.63, 3.8) is 0 Å². The molecule has 164 valence electrons. The Labute approximate surface area is 183 Å².